The van der Waals surface area contributed by atoms with Crippen LogP contribution >= 0.6 is 43.5 Å². The number of hydrogen-bond acceptors (Lipinski definition) is 5. The van der Waals surface area contributed by atoms with Crippen LogP contribution in [0.25, 0.3) is 0 Å². The van der Waals surface area contributed by atoms with Crippen molar-refractivity contribution in [1.82, 2.24) is 0 Å². The van der Waals surface area contributed by atoms with E-state index in [4.69, 9.17) is 27.2 Å². The highest BCUT2D eigenvalue weighted by atomic mass is 79.9. The summed E-state index contributed by atoms with van der Waals surface area (Å²) in [4.78, 5) is 21.6. The summed E-state index contributed by atoms with van der Waals surface area (Å²) in [6.45, 7) is -0.317. The van der Waals surface area contributed by atoms with Crippen LogP contribution in [0.15, 0.2) is 45.3 Å². The average Bonchev–Trinajstić information content (AvgIpc) is 2.66. The maximum absolute atomic E-state index is 12.6. The lowest BCUT2D eigenvalue weighted by Gasteiger charge is -2.02. The van der Waals surface area contributed by atoms with E-state index in [-0.39, 0.29) is 28.1 Å². The zero-order chi connectivity index (χ0) is 22.4. The van der Waals surface area contributed by atoms with Crippen LogP contribution in [0.5, 0.6) is 0 Å². The molecule has 0 aliphatic rings. The molecule has 0 unspecified atom stereocenters. The topological polar surface area (TPSA) is 111 Å². The molecule has 0 saturated carbocycles. The first-order valence-electron chi connectivity index (χ1n) is 7.28. The van der Waals surface area contributed by atoms with Crippen LogP contribution < -0.4 is 0 Å². The first-order valence-corrected chi connectivity index (χ1v) is 9.40. The number of carbonyl (C=O) groups is 2. The van der Waals surface area contributed by atoms with Gasteiger partial charge in [0.15, 0.2) is 6.61 Å². The molecule has 0 fully saturated rings. The van der Waals surface area contributed by atoms with Crippen molar-refractivity contribution in [2.45, 2.75) is 0 Å². The highest BCUT2D eigenvalue weighted by Crippen LogP contribution is 2.19. The van der Waals surface area contributed by atoms with E-state index in [0.717, 1.165) is 24.3 Å². The summed E-state index contributed by atoms with van der Waals surface area (Å²) in [7, 11) is 0. The van der Waals surface area contributed by atoms with Gasteiger partial charge in [-0.3, -0.25) is 0 Å². The second-order valence-corrected chi connectivity index (χ2v) is 6.56. The Labute approximate surface area is 186 Å². The monoisotopic (exact) mass is 550 g/mol. The standard InChI is InChI=1S/C9H5BrFNO2.C7H4BrFO2.C2H2ClN/c10-8-5-6(11)1-2-7(8)9(13)14-4-3-12;8-6-3-4(9)1-2-5(6)7(10)11;3-1-2-4/h1-2,5H,4H2;1-3H,(H,10,11);1H2. The fourth-order valence-corrected chi connectivity index (χ4v) is 2.53. The maximum Gasteiger partial charge on any atom is 0.340 e. The predicted molar refractivity (Wildman–Crippen MR) is 107 cm³/mol. The molecule has 29 heavy (non-hydrogen) atoms. The fraction of sp³-hybridized carbons (Fsp3) is 0.111. The van der Waals surface area contributed by atoms with Crippen molar-refractivity contribution in [3.05, 3.63) is 68.1 Å². The van der Waals surface area contributed by atoms with Crippen molar-refractivity contribution < 1.29 is 28.2 Å². The van der Waals surface area contributed by atoms with Crippen molar-refractivity contribution in [1.29, 1.82) is 10.5 Å². The molecule has 6 nitrogen and oxygen atoms in total. The summed E-state index contributed by atoms with van der Waals surface area (Å²) in [5.41, 5.74) is 0.257. The second kappa shape index (κ2) is 14.5. The molecular weight excluding hydrogens is 541 g/mol. The number of benzene rings is 2. The molecule has 11 heteroatoms. The Morgan fingerprint density at radius 3 is 1.79 bits per heavy atom. The first-order chi connectivity index (χ1) is 13.7. The van der Waals surface area contributed by atoms with Gasteiger partial charge in [0.05, 0.1) is 17.2 Å². The van der Waals surface area contributed by atoms with Gasteiger partial charge < -0.3 is 9.84 Å². The number of carbonyl (C=O) groups excluding carboxylic acids is 1. The average molecular weight is 553 g/mol. The number of halogens is 5. The van der Waals surface area contributed by atoms with Crippen LogP contribution in [-0.4, -0.2) is 29.5 Å². The maximum atomic E-state index is 12.6. The molecule has 0 heterocycles. The minimum absolute atomic E-state index is 0.0615. The van der Waals surface area contributed by atoms with Gasteiger partial charge in [-0.15, -0.1) is 11.6 Å². The molecule has 2 rings (SSSR count). The molecule has 0 aromatic heterocycles. The van der Waals surface area contributed by atoms with Gasteiger partial charge in [-0.2, -0.15) is 10.5 Å². The Bertz CT molecular complexity index is 946. The summed E-state index contributed by atoms with van der Waals surface area (Å²) in [5, 5.41) is 24.2. The van der Waals surface area contributed by atoms with E-state index < -0.39 is 23.6 Å². The zero-order valence-electron chi connectivity index (χ0n) is 14.3. The summed E-state index contributed by atoms with van der Waals surface area (Å²) in [5.74, 6) is -2.54. The summed E-state index contributed by atoms with van der Waals surface area (Å²) in [6.07, 6.45) is 0. The number of carboxylic acid groups (broad SMARTS) is 1. The quantitative estimate of drug-likeness (QED) is 0.409. The molecule has 0 aliphatic carbocycles. The molecule has 1 N–H and O–H groups in total. The van der Waals surface area contributed by atoms with Gasteiger partial charge in [0.25, 0.3) is 0 Å². The zero-order valence-corrected chi connectivity index (χ0v) is 18.3. The summed E-state index contributed by atoms with van der Waals surface area (Å²) >= 11 is 10.8. The van der Waals surface area contributed by atoms with Crippen molar-refractivity contribution in [2.75, 3.05) is 12.5 Å². The Hall–Kier alpha value is -2.53. The number of hydrogen-bond donors (Lipinski definition) is 1. The lowest BCUT2D eigenvalue weighted by molar-refractivity contribution is 0.0553. The van der Waals surface area contributed by atoms with Crippen LogP contribution in [0.1, 0.15) is 20.7 Å². The lowest BCUT2D eigenvalue weighted by Crippen LogP contribution is -2.06. The third kappa shape index (κ3) is 10.5. The Balaban J connectivity index is 0.000000466. The summed E-state index contributed by atoms with van der Waals surface area (Å²) < 4.78 is 30.1. The molecule has 0 saturated heterocycles. The largest absolute Gasteiger partial charge is 0.478 e. The van der Waals surface area contributed by atoms with Gasteiger partial charge in [0.1, 0.15) is 23.6 Å². The Morgan fingerprint density at radius 2 is 1.45 bits per heavy atom. The minimum Gasteiger partial charge on any atom is -0.478 e. The molecule has 0 aliphatic heterocycles. The Kier molecular flexibility index (Phi) is 13.2. The van der Waals surface area contributed by atoms with Gasteiger partial charge in [-0.05, 0) is 68.3 Å². The van der Waals surface area contributed by atoms with Gasteiger partial charge >= 0.3 is 11.9 Å². The molecule has 0 bridgehead atoms. The number of alkyl halides is 1. The van der Waals surface area contributed by atoms with E-state index in [1.807, 2.05) is 0 Å². The molecule has 0 radical (unpaired) electrons. The highest BCUT2D eigenvalue weighted by Gasteiger charge is 2.11. The van der Waals surface area contributed by atoms with E-state index in [2.05, 4.69) is 36.6 Å². The van der Waals surface area contributed by atoms with Crippen LogP contribution in [0.2, 0.25) is 0 Å². The van der Waals surface area contributed by atoms with Crippen molar-refractivity contribution in [3.63, 3.8) is 0 Å². The lowest BCUT2D eigenvalue weighted by atomic mass is 10.2. The highest BCUT2D eigenvalue weighted by molar-refractivity contribution is 9.10. The molecule has 2 aromatic carbocycles. The Morgan fingerprint density at radius 1 is 1.00 bits per heavy atom. The van der Waals surface area contributed by atoms with Gasteiger partial charge in [-0.1, -0.05) is 0 Å². The molecule has 2 aromatic rings. The number of carboxylic acids is 1. The normalized spacial score (nSPS) is 8.79. The number of esters is 1. The second-order valence-electron chi connectivity index (χ2n) is 4.58. The van der Waals surface area contributed by atoms with Crippen LogP contribution in [-0.2, 0) is 4.74 Å². The number of aromatic carboxylic acids is 1. The first kappa shape index (κ1) is 26.5. The van der Waals surface area contributed by atoms with E-state index in [9.17, 15) is 18.4 Å². The van der Waals surface area contributed by atoms with E-state index in [1.165, 1.54) is 12.1 Å². The number of nitrogens with zero attached hydrogens (tertiary/aromatic N) is 2. The van der Waals surface area contributed by atoms with Gasteiger partial charge in [0.2, 0.25) is 0 Å². The number of nitriles is 2. The van der Waals surface area contributed by atoms with Crippen LogP contribution in [0.3, 0.4) is 0 Å². The molecule has 0 spiro atoms. The summed E-state index contributed by atoms with van der Waals surface area (Å²) in [6, 6.07) is 10.4. The third-order valence-corrected chi connectivity index (χ3v) is 4.07. The smallest absolute Gasteiger partial charge is 0.340 e. The number of ether oxygens (including phenoxy) is 1. The minimum atomic E-state index is -1.07. The van der Waals surface area contributed by atoms with E-state index in [1.54, 1.807) is 12.1 Å². The molecular formula is C18H11Br2ClF2N2O4. The SMILES string of the molecule is N#CCCl.N#CCOC(=O)c1ccc(F)cc1Br.O=C(O)c1ccc(F)cc1Br. The number of rotatable bonds is 3. The van der Waals surface area contributed by atoms with Gasteiger partial charge in [0, 0.05) is 8.95 Å². The molecule has 152 valence electrons. The molecule has 0 amide bonds. The van der Waals surface area contributed by atoms with E-state index in [0.29, 0.717) is 4.47 Å². The van der Waals surface area contributed by atoms with Crippen molar-refractivity contribution >= 4 is 55.4 Å². The predicted octanol–water partition coefficient (Wildman–Crippen LogP) is 5.30. The van der Waals surface area contributed by atoms with Gasteiger partial charge in [-0.25, -0.2) is 18.4 Å². The van der Waals surface area contributed by atoms with Crippen molar-refractivity contribution in [3.8, 4) is 12.1 Å². The van der Waals surface area contributed by atoms with E-state index >= 15 is 0 Å². The fourth-order valence-electron chi connectivity index (χ4n) is 1.49. The third-order valence-electron chi connectivity index (χ3n) is 2.64. The van der Waals surface area contributed by atoms with Crippen LogP contribution in [0, 0.1) is 34.3 Å². The van der Waals surface area contributed by atoms with Crippen molar-refractivity contribution in [2.24, 2.45) is 0 Å². The molecule has 0 atom stereocenters. The van der Waals surface area contributed by atoms with Crippen LogP contribution in [0.4, 0.5) is 8.78 Å².